The van der Waals surface area contributed by atoms with Crippen LogP contribution in [0, 0.1) is 0 Å². The first kappa shape index (κ1) is 12.4. The third kappa shape index (κ3) is 2.93. The molecule has 0 saturated carbocycles. The van der Waals surface area contributed by atoms with Crippen molar-refractivity contribution >= 4 is 17.3 Å². The Balaban J connectivity index is 2.81. The molecular formula is C9H15N3O4. The maximum atomic E-state index is 11.9. The van der Waals surface area contributed by atoms with E-state index in [4.69, 9.17) is 4.84 Å². The first-order valence-corrected chi connectivity index (χ1v) is 4.84. The van der Waals surface area contributed by atoms with Crippen LogP contribution in [0.1, 0.15) is 13.3 Å². The standard InChI is InChI=1S/C9H15N3O4/c1-7(10-14-2)8(11-15-3)9(13)12-5-4-6-16-12/h4-6H2,1-3H3. The Kier molecular flexibility index (Phi) is 4.71. The van der Waals surface area contributed by atoms with Crippen LogP contribution in [0.4, 0.5) is 0 Å². The van der Waals surface area contributed by atoms with Crippen molar-refractivity contribution in [3.05, 3.63) is 0 Å². The Morgan fingerprint density at radius 2 is 2.00 bits per heavy atom. The van der Waals surface area contributed by atoms with Crippen molar-refractivity contribution in [2.24, 2.45) is 10.3 Å². The highest BCUT2D eigenvalue weighted by atomic mass is 16.7. The lowest BCUT2D eigenvalue weighted by Crippen LogP contribution is -2.37. The van der Waals surface area contributed by atoms with E-state index in [2.05, 4.69) is 20.0 Å². The smallest absolute Gasteiger partial charge is 0.301 e. The van der Waals surface area contributed by atoms with E-state index in [-0.39, 0.29) is 11.6 Å². The minimum Gasteiger partial charge on any atom is -0.399 e. The molecule has 1 aliphatic heterocycles. The monoisotopic (exact) mass is 229 g/mol. The molecule has 0 aliphatic carbocycles. The minimum absolute atomic E-state index is 0.0752. The van der Waals surface area contributed by atoms with Crippen molar-refractivity contribution in [2.45, 2.75) is 13.3 Å². The van der Waals surface area contributed by atoms with Gasteiger partial charge in [0.1, 0.15) is 19.9 Å². The number of rotatable bonds is 4. The van der Waals surface area contributed by atoms with Crippen LogP contribution in [0.15, 0.2) is 10.3 Å². The number of amides is 1. The highest BCUT2D eigenvalue weighted by Gasteiger charge is 2.27. The summed E-state index contributed by atoms with van der Waals surface area (Å²) in [6.45, 7) is 2.68. The Hall–Kier alpha value is -1.63. The zero-order valence-corrected chi connectivity index (χ0v) is 9.60. The zero-order valence-electron chi connectivity index (χ0n) is 9.60. The molecule has 1 saturated heterocycles. The third-order valence-corrected chi connectivity index (χ3v) is 1.94. The quantitative estimate of drug-likeness (QED) is 0.509. The number of hydroxylamine groups is 2. The summed E-state index contributed by atoms with van der Waals surface area (Å²) in [5.74, 6) is -0.377. The summed E-state index contributed by atoms with van der Waals surface area (Å²) >= 11 is 0. The van der Waals surface area contributed by atoms with Crippen molar-refractivity contribution in [3.8, 4) is 0 Å². The van der Waals surface area contributed by atoms with Gasteiger partial charge in [0.2, 0.25) is 0 Å². The maximum absolute atomic E-state index is 11.9. The Bertz CT molecular complexity index is 308. The fourth-order valence-corrected chi connectivity index (χ4v) is 1.26. The molecule has 90 valence electrons. The molecule has 0 aromatic heterocycles. The van der Waals surface area contributed by atoms with E-state index in [1.807, 2.05) is 0 Å². The van der Waals surface area contributed by atoms with Crippen molar-refractivity contribution < 1.29 is 19.3 Å². The van der Waals surface area contributed by atoms with E-state index < -0.39 is 0 Å². The Morgan fingerprint density at radius 1 is 1.31 bits per heavy atom. The molecule has 0 spiro atoms. The van der Waals surface area contributed by atoms with Crippen molar-refractivity contribution in [2.75, 3.05) is 27.4 Å². The van der Waals surface area contributed by atoms with Crippen LogP contribution in [0.2, 0.25) is 0 Å². The van der Waals surface area contributed by atoms with Gasteiger partial charge in [-0.05, 0) is 13.3 Å². The molecule has 1 heterocycles. The highest BCUT2D eigenvalue weighted by molar-refractivity contribution is 6.66. The molecule has 1 aliphatic rings. The summed E-state index contributed by atoms with van der Waals surface area (Å²) in [6, 6.07) is 0. The lowest BCUT2D eigenvalue weighted by molar-refractivity contribution is -0.160. The summed E-state index contributed by atoms with van der Waals surface area (Å²) in [6.07, 6.45) is 0.812. The number of hydrogen-bond acceptors (Lipinski definition) is 6. The van der Waals surface area contributed by atoms with E-state index in [0.29, 0.717) is 18.9 Å². The molecule has 0 radical (unpaired) electrons. The molecule has 7 heteroatoms. The van der Waals surface area contributed by atoms with Crippen LogP contribution in [0.3, 0.4) is 0 Å². The second-order valence-corrected chi connectivity index (χ2v) is 3.08. The van der Waals surface area contributed by atoms with Crippen molar-refractivity contribution in [1.29, 1.82) is 0 Å². The number of oxime groups is 2. The van der Waals surface area contributed by atoms with Crippen LogP contribution in [0.25, 0.3) is 0 Å². The summed E-state index contributed by atoms with van der Waals surface area (Å²) < 4.78 is 0. The van der Waals surface area contributed by atoms with Crippen LogP contribution in [-0.4, -0.2) is 49.8 Å². The van der Waals surface area contributed by atoms with Gasteiger partial charge in [0.25, 0.3) is 0 Å². The number of carbonyl (C=O) groups is 1. The topological polar surface area (TPSA) is 72.7 Å². The SMILES string of the molecule is CON=C(C)C(=NOC)C(=O)N1CCCO1. The molecule has 0 aromatic rings. The summed E-state index contributed by atoms with van der Waals surface area (Å²) in [5, 5.41) is 8.50. The first-order chi connectivity index (χ1) is 7.70. The third-order valence-electron chi connectivity index (χ3n) is 1.94. The fourth-order valence-electron chi connectivity index (χ4n) is 1.26. The average Bonchev–Trinajstić information content (AvgIpc) is 2.78. The van der Waals surface area contributed by atoms with Gasteiger partial charge < -0.3 is 9.68 Å². The molecule has 0 N–H and O–H groups in total. The maximum Gasteiger partial charge on any atom is 0.301 e. The van der Waals surface area contributed by atoms with Gasteiger partial charge in [0.15, 0.2) is 5.71 Å². The van der Waals surface area contributed by atoms with Crippen LogP contribution < -0.4 is 0 Å². The second kappa shape index (κ2) is 6.06. The molecular weight excluding hydrogens is 214 g/mol. The average molecular weight is 229 g/mol. The predicted molar refractivity (Wildman–Crippen MR) is 56.8 cm³/mol. The highest BCUT2D eigenvalue weighted by Crippen LogP contribution is 2.06. The van der Waals surface area contributed by atoms with Gasteiger partial charge in [-0.3, -0.25) is 9.63 Å². The lowest BCUT2D eigenvalue weighted by Gasteiger charge is -2.14. The molecule has 16 heavy (non-hydrogen) atoms. The van der Waals surface area contributed by atoms with Crippen LogP contribution in [0.5, 0.6) is 0 Å². The van der Waals surface area contributed by atoms with Crippen LogP contribution in [-0.2, 0) is 19.3 Å². The molecule has 0 atom stereocenters. The number of hydrogen-bond donors (Lipinski definition) is 0. The van der Waals surface area contributed by atoms with E-state index in [9.17, 15) is 4.79 Å². The molecule has 1 amide bonds. The normalized spacial score (nSPS) is 17.6. The molecule has 0 aromatic carbocycles. The predicted octanol–water partition coefficient (Wildman–Crippen LogP) is 0.175. The van der Waals surface area contributed by atoms with Crippen molar-refractivity contribution in [1.82, 2.24) is 5.06 Å². The Labute approximate surface area is 93.6 Å². The van der Waals surface area contributed by atoms with E-state index >= 15 is 0 Å². The molecule has 0 bridgehead atoms. The van der Waals surface area contributed by atoms with Gasteiger partial charge in [0.05, 0.1) is 13.2 Å². The first-order valence-electron chi connectivity index (χ1n) is 4.84. The lowest BCUT2D eigenvalue weighted by atomic mass is 10.2. The van der Waals surface area contributed by atoms with E-state index in [1.165, 1.54) is 19.3 Å². The Morgan fingerprint density at radius 3 is 2.50 bits per heavy atom. The van der Waals surface area contributed by atoms with Gasteiger partial charge in [-0.1, -0.05) is 10.3 Å². The van der Waals surface area contributed by atoms with Gasteiger partial charge in [-0.15, -0.1) is 0 Å². The molecule has 0 unspecified atom stereocenters. The number of nitrogens with zero attached hydrogens (tertiary/aromatic N) is 3. The minimum atomic E-state index is -0.377. The van der Waals surface area contributed by atoms with Gasteiger partial charge >= 0.3 is 5.91 Å². The largest absolute Gasteiger partial charge is 0.399 e. The molecule has 7 nitrogen and oxygen atoms in total. The van der Waals surface area contributed by atoms with Gasteiger partial charge in [-0.25, -0.2) is 5.06 Å². The summed E-state index contributed by atoms with van der Waals surface area (Å²) in [5.41, 5.74) is 0.413. The molecule has 1 rings (SSSR count). The summed E-state index contributed by atoms with van der Waals surface area (Å²) in [7, 11) is 2.75. The number of carbonyl (C=O) groups excluding carboxylic acids is 1. The van der Waals surface area contributed by atoms with Crippen LogP contribution >= 0.6 is 0 Å². The second-order valence-electron chi connectivity index (χ2n) is 3.08. The molecule has 1 fully saturated rings. The van der Waals surface area contributed by atoms with E-state index in [1.54, 1.807) is 6.92 Å². The van der Waals surface area contributed by atoms with Crippen molar-refractivity contribution in [3.63, 3.8) is 0 Å². The zero-order chi connectivity index (χ0) is 12.0. The van der Waals surface area contributed by atoms with Gasteiger partial charge in [0, 0.05) is 0 Å². The van der Waals surface area contributed by atoms with E-state index in [0.717, 1.165) is 6.42 Å². The van der Waals surface area contributed by atoms with Gasteiger partial charge in [-0.2, -0.15) is 0 Å². The fraction of sp³-hybridized carbons (Fsp3) is 0.667. The summed E-state index contributed by atoms with van der Waals surface area (Å²) in [4.78, 5) is 26.2.